The minimum atomic E-state index is -3.02. The van der Waals surface area contributed by atoms with Crippen LogP contribution in [0.1, 0.15) is 37.0 Å². The zero-order valence-corrected chi connectivity index (χ0v) is 25.3. The zero-order valence-electron chi connectivity index (χ0n) is 21.7. The Morgan fingerprint density at radius 1 is 1.08 bits per heavy atom. The monoisotopic (exact) mass is 569 g/mol. The van der Waals surface area contributed by atoms with Crippen molar-refractivity contribution in [2.45, 2.75) is 32.5 Å². The van der Waals surface area contributed by atoms with Crippen LogP contribution < -0.4 is 44.1 Å². The van der Waals surface area contributed by atoms with Gasteiger partial charge in [-0.25, -0.2) is 13.4 Å². The van der Waals surface area contributed by atoms with Crippen molar-refractivity contribution in [3.05, 3.63) is 76.9 Å². The minimum Gasteiger partial charge on any atom is -0.550 e. The number of hydrogen-bond donors (Lipinski definition) is 0. The quantitative estimate of drug-likeness (QED) is 0.209. The molecule has 38 heavy (non-hydrogen) atoms. The average Bonchev–Trinajstić information content (AvgIpc) is 2.86. The van der Waals surface area contributed by atoms with E-state index in [2.05, 4.69) is 4.98 Å². The van der Waals surface area contributed by atoms with Crippen molar-refractivity contribution in [3.8, 4) is 22.8 Å². The largest absolute Gasteiger partial charge is 1.00 e. The van der Waals surface area contributed by atoms with Crippen LogP contribution >= 0.6 is 11.6 Å². The summed E-state index contributed by atoms with van der Waals surface area (Å²) in [6.45, 7) is 2.76. The second-order valence-corrected chi connectivity index (χ2v) is 11.1. The van der Waals surface area contributed by atoms with Crippen LogP contribution in [0.25, 0.3) is 11.1 Å². The molecule has 0 bridgehead atoms. The van der Waals surface area contributed by atoms with Crippen LogP contribution in [0.4, 0.5) is 0 Å². The van der Waals surface area contributed by atoms with Gasteiger partial charge >= 0.3 is 29.6 Å². The first-order valence-corrected chi connectivity index (χ1v) is 14.2. The van der Waals surface area contributed by atoms with Crippen molar-refractivity contribution >= 4 is 27.4 Å². The van der Waals surface area contributed by atoms with E-state index >= 15 is 0 Å². The second kappa shape index (κ2) is 15.5. The van der Waals surface area contributed by atoms with Crippen LogP contribution in [-0.4, -0.2) is 44.6 Å². The van der Waals surface area contributed by atoms with E-state index in [4.69, 9.17) is 25.8 Å². The second-order valence-electron chi connectivity index (χ2n) is 8.41. The van der Waals surface area contributed by atoms with Gasteiger partial charge in [0.05, 0.1) is 18.5 Å². The topological polar surface area (TPSA) is 115 Å². The molecular formula is C27H29ClNNaO7S. The van der Waals surface area contributed by atoms with Crippen molar-refractivity contribution in [2.75, 3.05) is 25.2 Å². The van der Waals surface area contributed by atoms with Gasteiger partial charge in [-0.15, -0.1) is 0 Å². The molecule has 0 saturated heterocycles. The first-order valence-electron chi connectivity index (χ1n) is 11.7. The van der Waals surface area contributed by atoms with E-state index in [1.54, 1.807) is 42.6 Å². The first-order chi connectivity index (χ1) is 17.6. The predicted molar refractivity (Wildman–Crippen MR) is 139 cm³/mol. The number of carbonyl (C=O) groups excluding carboxylic acids is 1. The van der Waals surface area contributed by atoms with E-state index in [1.165, 1.54) is 6.26 Å². The van der Waals surface area contributed by atoms with Gasteiger partial charge in [-0.1, -0.05) is 29.8 Å². The minimum absolute atomic E-state index is 0. The van der Waals surface area contributed by atoms with Gasteiger partial charge in [0, 0.05) is 53.7 Å². The fourth-order valence-corrected chi connectivity index (χ4v) is 4.45. The number of carboxylic acids is 1. The summed E-state index contributed by atoms with van der Waals surface area (Å²) in [4.78, 5) is 15.3. The van der Waals surface area contributed by atoms with Gasteiger partial charge in [-0.3, -0.25) is 0 Å². The fraction of sp³-hybridized carbons (Fsp3) is 0.333. The molecule has 8 nitrogen and oxygen atoms in total. The smallest absolute Gasteiger partial charge is 0.550 e. The standard InChI is InChI=1S/C27H30ClNO7S.Na/c1-3-34-25(16-27(30)31)20-6-9-22(10-7-20)36-18-19-5-11-24(28)23(15-19)21-8-12-26(29-17-21)35-13-4-14-37(2,32)33;/h5-12,15,17,25H,3-4,13-14,16,18H2,1-2H3,(H,30,31);/q;+1/p-1/t25-;/m0./s1. The number of carbonyl (C=O) groups is 1. The molecular weight excluding hydrogens is 541 g/mol. The van der Waals surface area contributed by atoms with Gasteiger partial charge < -0.3 is 24.1 Å². The molecule has 198 valence electrons. The van der Waals surface area contributed by atoms with Crippen molar-refractivity contribution < 1.29 is 62.1 Å². The maximum absolute atomic E-state index is 11.2. The Balaban J connectivity index is 0.00000507. The van der Waals surface area contributed by atoms with E-state index in [0.717, 1.165) is 22.3 Å². The van der Waals surface area contributed by atoms with Crippen molar-refractivity contribution in [1.29, 1.82) is 0 Å². The van der Waals surface area contributed by atoms with Crippen LogP contribution in [0.2, 0.25) is 5.02 Å². The number of hydrogen-bond acceptors (Lipinski definition) is 8. The molecule has 0 unspecified atom stereocenters. The number of halogens is 1. The normalized spacial score (nSPS) is 11.9. The molecule has 11 heteroatoms. The molecule has 0 aliphatic rings. The van der Waals surface area contributed by atoms with Crippen molar-refractivity contribution in [1.82, 2.24) is 4.98 Å². The van der Waals surface area contributed by atoms with Gasteiger partial charge in [0.25, 0.3) is 0 Å². The Bertz CT molecular complexity index is 1290. The molecule has 0 fully saturated rings. The number of sulfone groups is 1. The summed E-state index contributed by atoms with van der Waals surface area (Å²) in [6, 6.07) is 16.2. The van der Waals surface area contributed by atoms with Crippen molar-refractivity contribution in [2.24, 2.45) is 0 Å². The van der Waals surface area contributed by atoms with Gasteiger partial charge in [0.1, 0.15) is 22.2 Å². The third-order valence-corrected chi connectivity index (χ3v) is 6.72. The van der Waals surface area contributed by atoms with Gasteiger partial charge in [-0.05, 0) is 54.8 Å². The summed E-state index contributed by atoms with van der Waals surface area (Å²) in [5.41, 5.74) is 3.22. The summed E-state index contributed by atoms with van der Waals surface area (Å²) in [5.74, 6) is -0.0691. The molecule has 1 aromatic heterocycles. The maximum Gasteiger partial charge on any atom is 1.00 e. The number of pyridine rings is 1. The fourth-order valence-electron chi connectivity index (χ4n) is 3.58. The zero-order chi connectivity index (χ0) is 26.8. The van der Waals surface area contributed by atoms with E-state index in [1.807, 2.05) is 25.1 Å². The summed E-state index contributed by atoms with van der Waals surface area (Å²) in [7, 11) is -3.02. The van der Waals surface area contributed by atoms with Gasteiger partial charge in [0.2, 0.25) is 5.88 Å². The molecule has 0 aliphatic heterocycles. The van der Waals surface area contributed by atoms with E-state index in [-0.39, 0.29) is 48.3 Å². The molecule has 0 radical (unpaired) electrons. The van der Waals surface area contributed by atoms with Crippen LogP contribution in [0.3, 0.4) is 0 Å². The molecule has 1 atom stereocenters. The molecule has 1 heterocycles. The number of aromatic nitrogens is 1. The van der Waals surface area contributed by atoms with Crippen LogP contribution in [-0.2, 0) is 26.0 Å². The first kappa shape index (κ1) is 32.1. The molecule has 0 N–H and O–H groups in total. The third-order valence-electron chi connectivity index (χ3n) is 5.36. The maximum atomic E-state index is 11.2. The Labute approximate surface area is 250 Å². The Morgan fingerprint density at radius 2 is 1.82 bits per heavy atom. The molecule has 0 amide bonds. The number of ether oxygens (including phenoxy) is 3. The van der Waals surface area contributed by atoms with E-state index in [9.17, 15) is 18.3 Å². The summed E-state index contributed by atoms with van der Waals surface area (Å²) >= 11 is 6.43. The number of benzene rings is 2. The summed E-state index contributed by atoms with van der Waals surface area (Å²) in [6.07, 6.45) is 2.46. The molecule has 0 aliphatic carbocycles. The predicted octanol–water partition coefficient (Wildman–Crippen LogP) is 1.02. The Morgan fingerprint density at radius 3 is 2.42 bits per heavy atom. The van der Waals surface area contributed by atoms with Gasteiger partial charge in [0.15, 0.2) is 0 Å². The van der Waals surface area contributed by atoms with Crippen LogP contribution in [0.15, 0.2) is 60.8 Å². The number of nitrogens with zero attached hydrogens (tertiary/aromatic N) is 1. The molecule has 2 aromatic carbocycles. The summed E-state index contributed by atoms with van der Waals surface area (Å²) in [5, 5.41) is 11.5. The molecule has 0 spiro atoms. The van der Waals surface area contributed by atoms with Crippen molar-refractivity contribution in [3.63, 3.8) is 0 Å². The third kappa shape index (κ3) is 10.6. The molecule has 0 saturated carbocycles. The molecule has 3 rings (SSSR count). The Kier molecular flexibility index (Phi) is 13.0. The summed E-state index contributed by atoms with van der Waals surface area (Å²) < 4.78 is 39.3. The number of carboxylic acid groups (broad SMARTS) is 1. The van der Waals surface area contributed by atoms with Crippen LogP contribution in [0.5, 0.6) is 11.6 Å². The van der Waals surface area contributed by atoms with Crippen LogP contribution in [0, 0.1) is 0 Å². The SMILES string of the molecule is CCO[C@@H](CC(=O)[O-])c1ccc(OCc2ccc(Cl)c(-c3ccc(OCCCS(C)(=O)=O)nc3)c2)cc1.[Na+]. The Hall–Kier alpha value is -2.14. The van der Waals surface area contributed by atoms with Gasteiger partial charge in [-0.2, -0.15) is 0 Å². The number of rotatable bonds is 14. The molecule has 3 aromatic rings. The van der Waals surface area contributed by atoms with E-state index in [0.29, 0.717) is 36.3 Å². The average molecular weight is 570 g/mol. The van der Waals surface area contributed by atoms with E-state index < -0.39 is 21.9 Å². The number of aliphatic carboxylic acids is 1.